The van der Waals surface area contributed by atoms with Gasteiger partial charge in [0.1, 0.15) is 0 Å². The molecule has 0 spiro atoms. The molecule has 1 unspecified atom stereocenters. The van der Waals surface area contributed by atoms with Crippen molar-refractivity contribution >= 4 is 32.9 Å². The molecule has 0 fully saturated rings. The highest BCUT2D eigenvalue weighted by Crippen LogP contribution is 2.23. The molecule has 2 aromatic carbocycles. The molecule has 0 radical (unpaired) electrons. The number of ether oxygens (including phenoxy) is 1. The molecule has 0 aliphatic rings. The molecule has 0 heterocycles. The molecule has 0 saturated heterocycles. The first kappa shape index (κ1) is 18.1. The van der Waals surface area contributed by atoms with Crippen LogP contribution in [0.3, 0.4) is 0 Å². The van der Waals surface area contributed by atoms with Crippen molar-refractivity contribution in [3.63, 3.8) is 0 Å². The van der Waals surface area contributed by atoms with Gasteiger partial charge < -0.3 is 4.74 Å². The Morgan fingerprint density at radius 1 is 1.12 bits per heavy atom. The predicted octanol–water partition coefficient (Wildman–Crippen LogP) is 2.88. The fourth-order valence-electron chi connectivity index (χ4n) is 2.01. The summed E-state index contributed by atoms with van der Waals surface area (Å²) >= 11 is 5.73. The maximum absolute atomic E-state index is 12.6. The zero-order chi connectivity index (χ0) is 17.9. The number of nitro groups is 1. The number of rotatable bonds is 6. The van der Waals surface area contributed by atoms with Gasteiger partial charge in [0, 0.05) is 29.8 Å². The average Bonchev–Trinajstić information content (AvgIpc) is 2.55. The van der Waals surface area contributed by atoms with E-state index in [9.17, 15) is 23.3 Å². The Morgan fingerprint density at radius 2 is 1.67 bits per heavy atom. The number of hydrogen-bond donors (Lipinski definition) is 0. The van der Waals surface area contributed by atoms with E-state index in [2.05, 4.69) is 0 Å². The number of nitro benzene ring substituents is 1. The normalized spacial score (nSPS) is 12.6. The van der Waals surface area contributed by atoms with Crippen molar-refractivity contribution in [3.8, 4) is 0 Å². The van der Waals surface area contributed by atoms with Gasteiger partial charge in [-0.1, -0.05) is 11.6 Å². The fraction of sp³-hybridized carbons (Fsp3) is 0.133. The van der Waals surface area contributed by atoms with Gasteiger partial charge in [0.15, 0.2) is 0 Å². The van der Waals surface area contributed by atoms with Crippen LogP contribution in [0.5, 0.6) is 0 Å². The number of halogens is 1. The first-order chi connectivity index (χ1) is 11.3. The monoisotopic (exact) mass is 369 g/mol. The van der Waals surface area contributed by atoms with Crippen LogP contribution in [-0.4, -0.2) is 31.7 Å². The molecule has 9 heteroatoms. The fourth-order valence-corrected chi connectivity index (χ4v) is 3.57. The number of carbonyl (C=O) groups excluding carboxylic acids is 1. The molecule has 0 aromatic heterocycles. The molecule has 0 amide bonds. The Balaban J connectivity index is 2.37. The maximum Gasteiger partial charge on any atom is 0.269 e. The van der Waals surface area contributed by atoms with E-state index in [-0.39, 0.29) is 16.1 Å². The number of methoxy groups -OCH3 is 1. The third-order valence-electron chi connectivity index (χ3n) is 3.21. The van der Waals surface area contributed by atoms with Crippen LogP contribution in [0.2, 0.25) is 5.02 Å². The molecule has 24 heavy (non-hydrogen) atoms. The Bertz CT molecular complexity index is 862. The van der Waals surface area contributed by atoms with E-state index < -0.39 is 26.0 Å². The van der Waals surface area contributed by atoms with E-state index in [1.807, 2.05) is 0 Å². The minimum atomic E-state index is -4.11. The van der Waals surface area contributed by atoms with Crippen molar-refractivity contribution < 1.29 is 22.9 Å². The molecule has 126 valence electrons. The molecule has 0 bridgehead atoms. The van der Waals surface area contributed by atoms with Crippen molar-refractivity contribution in [2.45, 2.75) is 10.3 Å². The summed E-state index contributed by atoms with van der Waals surface area (Å²) in [4.78, 5) is 22.3. The number of ketones is 1. The van der Waals surface area contributed by atoms with E-state index in [4.69, 9.17) is 16.3 Å². The Kier molecular flexibility index (Phi) is 5.33. The van der Waals surface area contributed by atoms with E-state index in [0.717, 1.165) is 19.2 Å². The first-order valence-electron chi connectivity index (χ1n) is 6.58. The number of Topliss-reactive ketones (excluding diaryl/α,β-unsaturated/α-hetero) is 1. The van der Waals surface area contributed by atoms with Crippen LogP contribution < -0.4 is 0 Å². The van der Waals surface area contributed by atoms with Crippen LogP contribution in [0.1, 0.15) is 10.4 Å². The molecule has 1 atom stereocenters. The van der Waals surface area contributed by atoms with E-state index in [1.54, 1.807) is 0 Å². The van der Waals surface area contributed by atoms with Crippen LogP contribution in [0.4, 0.5) is 5.69 Å². The lowest BCUT2D eigenvalue weighted by Crippen LogP contribution is -2.32. The zero-order valence-corrected chi connectivity index (χ0v) is 14.0. The average molecular weight is 370 g/mol. The predicted molar refractivity (Wildman–Crippen MR) is 86.9 cm³/mol. The molecule has 2 aromatic rings. The molecule has 0 saturated carbocycles. The van der Waals surface area contributed by atoms with Crippen LogP contribution in [0.15, 0.2) is 53.4 Å². The topological polar surface area (TPSA) is 104 Å². The van der Waals surface area contributed by atoms with Gasteiger partial charge in [-0.15, -0.1) is 0 Å². The quantitative estimate of drug-likeness (QED) is 0.440. The highest BCUT2D eigenvalue weighted by atomic mass is 35.5. The van der Waals surface area contributed by atoms with Crippen LogP contribution in [-0.2, 0) is 14.6 Å². The van der Waals surface area contributed by atoms with E-state index in [0.29, 0.717) is 5.02 Å². The third kappa shape index (κ3) is 3.61. The van der Waals surface area contributed by atoms with Gasteiger partial charge in [-0.3, -0.25) is 14.9 Å². The van der Waals surface area contributed by atoms with Crippen LogP contribution in [0, 0.1) is 10.1 Å². The van der Waals surface area contributed by atoms with Gasteiger partial charge in [-0.25, -0.2) is 8.42 Å². The minimum Gasteiger partial charge on any atom is -0.358 e. The van der Waals surface area contributed by atoms with Crippen molar-refractivity contribution in [1.82, 2.24) is 0 Å². The molecule has 0 N–H and O–H groups in total. The van der Waals surface area contributed by atoms with Gasteiger partial charge in [0.25, 0.3) is 5.69 Å². The standard InChI is InChI=1S/C15H12ClNO6S/c1-23-15(24(21,22)13-8-4-11(16)5-9-13)14(18)10-2-6-12(7-3-10)17(19)20/h2-9,15H,1H3. The first-order valence-corrected chi connectivity index (χ1v) is 8.50. The molecule has 0 aliphatic carbocycles. The maximum atomic E-state index is 12.6. The Morgan fingerprint density at radius 3 is 2.12 bits per heavy atom. The summed E-state index contributed by atoms with van der Waals surface area (Å²) in [6, 6.07) is 9.92. The lowest BCUT2D eigenvalue weighted by molar-refractivity contribution is -0.384. The molecular weight excluding hydrogens is 358 g/mol. The van der Waals surface area contributed by atoms with Crippen LogP contribution in [0.25, 0.3) is 0 Å². The largest absolute Gasteiger partial charge is 0.358 e. The summed E-state index contributed by atoms with van der Waals surface area (Å²) < 4.78 is 30.0. The number of nitrogens with zero attached hydrogens (tertiary/aromatic N) is 1. The Hall–Kier alpha value is -2.29. The van der Waals surface area contributed by atoms with Gasteiger partial charge in [0.05, 0.1) is 9.82 Å². The van der Waals surface area contributed by atoms with Crippen molar-refractivity contribution in [1.29, 1.82) is 0 Å². The summed E-state index contributed by atoms with van der Waals surface area (Å²) in [5, 5.41) is 11.0. The third-order valence-corrected chi connectivity index (χ3v) is 5.37. The lowest BCUT2D eigenvalue weighted by Gasteiger charge is -2.15. The second kappa shape index (κ2) is 7.08. The molecule has 0 aliphatic heterocycles. The number of benzene rings is 2. The smallest absolute Gasteiger partial charge is 0.269 e. The summed E-state index contributed by atoms with van der Waals surface area (Å²) in [6.07, 6.45) is 0. The Labute approximate surface area is 142 Å². The molecule has 2 rings (SSSR count). The van der Waals surface area contributed by atoms with Crippen LogP contribution >= 0.6 is 11.6 Å². The summed E-state index contributed by atoms with van der Waals surface area (Å²) in [6.45, 7) is 0. The molecule has 7 nitrogen and oxygen atoms in total. The number of sulfone groups is 1. The SMILES string of the molecule is COC(C(=O)c1ccc([N+](=O)[O-])cc1)S(=O)(=O)c1ccc(Cl)cc1. The van der Waals surface area contributed by atoms with Crippen molar-refractivity contribution in [2.75, 3.05) is 7.11 Å². The molecular formula is C15H12ClNO6S. The highest BCUT2D eigenvalue weighted by Gasteiger charge is 2.34. The second-order valence-corrected chi connectivity index (χ2v) is 7.16. The van der Waals surface area contributed by atoms with Crippen molar-refractivity contribution in [3.05, 3.63) is 69.2 Å². The second-order valence-electron chi connectivity index (χ2n) is 4.73. The van der Waals surface area contributed by atoms with Gasteiger partial charge in [-0.05, 0) is 36.4 Å². The number of carbonyl (C=O) groups is 1. The van der Waals surface area contributed by atoms with E-state index in [1.165, 1.54) is 36.4 Å². The summed E-state index contributed by atoms with van der Waals surface area (Å²) in [7, 11) is -3.01. The van der Waals surface area contributed by atoms with Gasteiger partial charge in [-0.2, -0.15) is 0 Å². The minimum absolute atomic E-state index is 0.00927. The van der Waals surface area contributed by atoms with Gasteiger partial charge >= 0.3 is 0 Å². The summed E-state index contributed by atoms with van der Waals surface area (Å²) in [5.74, 6) is -0.817. The number of non-ortho nitro benzene ring substituents is 1. The highest BCUT2D eigenvalue weighted by molar-refractivity contribution is 7.92. The summed E-state index contributed by atoms with van der Waals surface area (Å²) in [5.41, 5.74) is -1.98. The van der Waals surface area contributed by atoms with Crippen molar-refractivity contribution in [2.24, 2.45) is 0 Å². The number of hydrogen-bond acceptors (Lipinski definition) is 6. The van der Waals surface area contributed by atoms with Gasteiger partial charge in [0.2, 0.25) is 21.1 Å². The zero-order valence-electron chi connectivity index (χ0n) is 12.4. The van der Waals surface area contributed by atoms with E-state index >= 15 is 0 Å². The lowest BCUT2D eigenvalue weighted by atomic mass is 10.1.